The highest BCUT2D eigenvalue weighted by Gasteiger charge is 2.28. The molecular formula is C13H28N2. The van der Waals surface area contributed by atoms with Gasteiger partial charge in [-0.3, -0.25) is 0 Å². The maximum absolute atomic E-state index is 3.59. The summed E-state index contributed by atoms with van der Waals surface area (Å²) in [6.07, 6.45) is 1.35. The molecule has 0 aliphatic carbocycles. The zero-order chi connectivity index (χ0) is 11.5. The van der Waals surface area contributed by atoms with Crippen LogP contribution in [0.1, 0.15) is 41.0 Å². The summed E-state index contributed by atoms with van der Waals surface area (Å²) in [5.41, 5.74) is 0.545. The molecule has 1 aliphatic rings. The Morgan fingerprint density at radius 2 is 1.93 bits per heavy atom. The minimum Gasteiger partial charge on any atom is -0.313 e. The molecule has 0 amide bonds. The van der Waals surface area contributed by atoms with Gasteiger partial charge in [0.25, 0.3) is 0 Å². The smallest absolute Gasteiger partial charge is 0.0107 e. The van der Waals surface area contributed by atoms with Gasteiger partial charge in [0, 0.05) is 25.7 Å². The van der Waals surface area contributed by atoms with Crippen LogP contribution in [0.3, 0.4) is 0 Å². The van der Waals surface area contributed by atoms with Gasteiger partial charge in [-0.05, 0) is 31.2 Å². The molecule has 1 aliphatic heterocycles. The Morgan fingerprint density at radius 1 is 1.27 bits per heavy atom. The molecule has 1 atom stereocenters. The second-order valence-electron chi connectivity index (χ2n) is 6.18. The first kappa shape index (κ1) is 13.0. The van der Waals surface area contributed by atoms with Crippen LogP contribution in [-0.2, 0) is 0 Å². The highest BCUT2D eigenvalue weighted by atomic mass is 15.2. The zero-order valence-electron chi connectivity index (χ0n) is 11.1. The highest BCUT2D eigenvalue weighted by molar-refractivity contribution is 4.82. The molecule has 0 aromatic heterocycles. The molecule has 0 aromatic carbocycles. The zero-order valence-corrected chi connectivity index (χ0v) is 11.1. The van der Waals surface area contributed by atoms with Crippen molar-refractivity contribution in [1.82, 2.24) is 10.2 Å². The lowest BCUT2D eigenvalue weighted by Crippen LogP contribution is -2.37. The minimum absolute atomic E-state index is 0.545. The topological polar surface area (TPSA) is 15.3 Å². The number of hydrogen-bond acceptors (Lipinski definition) is 2. The molecule has 15 heavy (non-hydrogen) atoms. The van der Waals surface area contributed by atoms with Gasteiger partial charge >= 0.3 is 0 Å². The molecule has 0 radical (unpaired) electrons. The minimum atomic E-state index is 0.545. The predicted octanol–water partition coefficient (Wildman–Crippen LogP) is 2.35. The van der Waals surface area contributed by atoms with Crippen molar-refractivity contribution in [3.05, 3.63) is 0 Å². The first-order valence-electron chi connectivity index (χ1n) is 6.36. The Kier molecular flexibility index (Phi) is 4.60. The van der Waals surface area contributed by atoms with Gasteiger partial charge in [-0.2, -0.15) is 0 Å². The van der Waals surface area contributed by atoms with Crippen molar-refractivity contribution in [2.24, 2.45) is 11.3 Å². The molecule has 0 spiro atoms. The Morgan fingerprint density at radius 3 is 2.40 bits per heavy atom. The first-order valence-corrected chi connectivity index (χ1v) is 6.36. The van der Waals surface area contributed by atoms with Crippen molar-refractivity contribution in [1.29, 1.82) is 0 Å². The normalized spacial score (nSPS) is 23.6. The van der Waals surface area contributed by atoms with Crippen LogP contribution in [0.4, 0.5) is 0 Å². The fraction of sp³-hybridized carbons (Fsp3) is 1.00. The quantitative estimate of drug-likeness (QED) is 0.752. The summed E-state index contributed by atoms with van der Waals surface area (Å²) >= 11 is 0. The van der Waals surface area contributed by atoms with Crippen LogP contribution in [0.15, 0.2) is 0 Å². The van der Waals surface area contributed by atoms with Crippen LogP contribution >= 0.6 is 0 Å². The molecule has 0 saturated carbocycles. The molecule has 1 saturated heterocycles. The van der Waals surface area contributed by atoms with E-state index in [1.807, 2.05) is 0 Å². The van der Waals surface area contributed by atoms with Crippen LogP contribution in [0, 0.1) is 11.3 Å². The molecule has 2 heteroatoms. The second kappa shape index (κ2) is 5.31. The van der Waals surface area contributed by atoms with Gasteiger partial charge in [0.1, 0.15) is 0 Å². The lowest BCUT2D eigenvalue weighted by atomic mass is 9.93. The number of nitrogens with zero attached hydrogens (tertiary/aromatic N) is 1. The van der Waals surface area contributed by atoms with E-state index < -0.39 is 0 Å². The summed E-state index contributed by atoms with van der Waals surface area (Å²) in [6, 6.07) is 0.639. The summed E-state index contributed by atoms with van der Waals surface area (Å²) < 4.78 is 0. The monoisotopic (exact) mass is 212 g/mol. The Balaban J connectivity index is 2.11. The van der Waals surface area contributed by atoms with E-state index >= 15 is 0 Å². The van der Waals surface area contributed by atoms with Gasteiger partial charge in [0.15, 0.2) is 0 Å². The van der Waals surface area contributed by atoms with Crippen molar-refractivity contribution in [3.8, 4) is 0 Å². The number of nitrogens with one attached hydrogen (secondary N) is 1. The highest BCUT2D eigenvalue weighted by Crippen LogP contribution is 2.28. The van der Waals surface area contributed by atoms with Crippen LogP contribution in [0.25, 0.3) is 0 Å². The number of rotatable bonds is 5. The van der Waals surface area contributed by atoms with Crippen molar-refractivity contribution < 1.29 is 0 Å². The van der Waals surface area contributed by atoms with Crippen molar-refractivity contribution in [3.63, 3.8) is 0 Å². The Bertz CT molecular complexity index is 187. The molecule has 90 valence electrons. The summed E-state index contributed by atoms with van der Waals surface area (Å²) in [4.78, 5) is 2.58. The van der Waals surface area contributed by atoms with E-state index in [9.17, 15) is 0 Å². The molecule has 1 fully saturated rings. The average molecular weight is 212 g/mol. The van der Waals surface area contributed by atoms with Crippen LogP contribution < -0.4 is 5.32 Å². The molecule has 1 unspecified atom stereocenters. The van der Waals surface area contributed by atoms with Gasteiger partial charge < -0.3 is 10.2 Å². The largest absolute Gasteiger partial charge is 0.313 e. The van der Waals surface area contributed by atoms with Gasteiger partial charge in [-0.15, -0.1) is 0 Å². The fourth-order valence-corrected chi connectivity index (χ4v) is 2.10. The van der Waals surface area contributed by atoms with Gasteiger partial charge in [0.05, 0.1) is 0 Å². The van der Waals surface area contributed by atoms with E-state index in [2.05, 4.69) is 44.8 Å². The van der Waals surface area contributed by atoms with E-state index in [-0.39, 0.29) is 0 Å². The van der Waals surface area contributed by atoms with Crippen molar-refractivity contribution in [2.75, 3.05) is 26.2 Å². The molecule has 0 bridgehead atoms. The third-order valence-corrected chi connectivity index (χ3v) is 3.65. The van der Waals surface area contributed by atoms with Gasteiger partial charge in [0.2, 0.25) is 0 Å². The third-order valence-electron chi connectivity index (χ3n) is 3.65. The summed E-state index contributed by atoms with van der Waals surface area (Å²) in [6.45, 7) is 16.5. The molecular weight excluding hydrogens is 184 g/mol. The van der Waals surface area contributed by atoms with E-state index in [0.29, 0.717) is 11.5 Å². The van der Waals surface area contributed by atoms with E-state index in [0.717, 1.165) is 12.5 Å². The maximum Gasteiger partial charge on any atom is 0.0107 e. The maximum atomic E-state index is 3.59. The first-order chi connectivity index (χ1) is 6.91. The summed E-state index contributed by atoms with van der Waals surface area (Å²) in [5, 5.41) is 3.59. The number of hydrogen-bond donors (Lipinski definition) is 1. The Hall–Kier alpha value is -0.0800. The number of likely N-dealkylation sites (tertiary alicyclic amines) is 1. The van der Waals surface area contributed by atoms with Crippen LogP contribution in [0.2, 0.25) is 0 Å². The SMILES string of the molecule is CC(C)C(C)NCCN1CCC(C)(C)C1. The van der Waals surface area contributed by atoms with E-state index in [1.165, 1.54) is 26.1 Å². The lowest BCUT2D eigenvalue weighted by molar-refractivity contribution is 0.281. The van der Waals surface area contributed by atoms with Crippen LogP contribution in [-0.4, -0.2) is 37.1 Å². The average Bonchev–Trinajstić information content (AvgIpc) is 2.45. The Labute approximate surface area is 95.4 Å². The van der Waals surface area contributed by atoms with Crippen molar-refractivity contribution >= 4 is 0 Å². The van der Waals surface area contributed by atoms with Crippen LogP contribution in [0.5, 0.6) is 0 Å². The fourth-order valence-electron chi connectivity index (χ4n) is 2.10. The van der Waals surface area contributed by atoms with Gasteiger partial charge in [-0.25, -0.2) is 0 Å². The third kappa shape index (κ3) is 4.52. The van der Waals surface area contributed by atoms with Gasteiger partial charge in [-0.1, -0.05) is 27.7 Å². The molecule has 0 aromatic rings. The molecule has 2 nitrogen and oxygen atoms in total. The van der Waals surface area contributed by atoms with E-state index in [4.69, 9.17) is 0 Å². The van der Waals surface area contributed by atoms with E-state index in [1.54, 1.807) is 0 Å². The lowest BCUT2D eigenvalue weighted by Gasteiger charge is -2.22. The second-order valence-corrected chi connectivity index (χ2v) is 6.18. The molecule has 1 rings (SSSR count). The molecule has 1 N–H and O–H groups in total. The summed E-state index contributed by atoms with van der Waals surface area (Å²) in [7, 11) is 0. The predicted molar refractivity (Wildman–Crippen MR) is 67.1 cm³/mol. The van der Waals surface area contributed by atoms with Crippen molar-refractivity contribution in [2.45, 2.75) is 47.1 Å². The standard InChI is InChI=1S/C13H28N2/c1-11(2)12(3)14-7-9-15-8-6-13(4,5)10-15/h11-12,14H,6-10H2,1-5H3. The summed E-state index contributed by atoms with van der Waals surface area (Å²) in [5.74, 6) is 0.736. The molecule has 1 heterocycles.